The highest BCUT2D eigenvalue weighted by atomic mass is 32.2. The number of benzene rings is 1. The molecule has 4 heteroatoms. The Hall–Kier alpha value is -0.900. The van der Waals surface area contributed by atoms with Crippen LogP contribution < -0.4 is 5.73 Å². The molecular formula is C10H14FNOS. The monoisotopic (exact) mass is 215 g/mol. The molecule has 1 aromatic rings. The molecule has 0 aromatic heterocycles. The zero-order valence-electron chi connectivity index (χ0n) is 8.29. The lowest BCUT2D eigenvalue weighted by Gasteiger charge is -2.07. The van der Waals surface area contributed by atoms with E-state index in [4.69, 9.17) is 5.73 Å². The van der Waals surface area contributed by atoms with Gasteiger partial charge in [0.15, 0.2) is 0 Å². The van der Waals surface area contributed by atoms with Crippen LogP contribution in [0.2, 0.25) is 0 Å². The van der Waals surface area contributed by atoms with Gasteiger partial charge in [0, 0.05) is 21.6 Å². The number of rotatable bonds is 3. The van der Waals surface area contributed by atoms with E-state index in [1.807, 2.05) is 13.8 Å². The molecule has 1 unspecified atom stereocenters. The fourth-order valence-electron chi connectivity index (χ4n) is 1.03. The van der Waals surface area contributed by atoms with E-state index in [-0.39, 0.29) is 16.7 Å². The Labute approximate surface area is 85.8 Å². The van der Waals surface area contributed by atoms with E-state index in [1.54, 1.807) is 12.1 Å². The summed E-state index contributed by atoms with van der Waals surface area (Å²) in [4.78, 5) is 0. The first-order valence-electron chi connectivity index (χ1n) is 4.42. The minimum absolute atomic E-state index is 0.0378. The average molecular weight is 215 g/mol. The van der Waals surface area contributed by atoms with Gasteiger partial charge in [-0.1, -0.05) is 26.0 Å². The molecule has 2 nitrogen and oxygen atoms in total. The molecule has 0 radical (unpaired) electrons. The zero-order valence-corrected chi connectivity index (χ0v) is 9.10. The van der Waals surface area contributed by atoms with Crippen molar-refractivity contribution < 1.29 is 8.60 Å². The van der Waals surface area contributed by atoms with Crippen LogP contribution in [-0.2, 0) is 16.6 Å². The second-order valence-electron chi connectivity index (χ2n) is 3.39. The minimum Gasteiger partial charge on any atom is -0.396 e. The van der Waals surface area contributed by atoms with Crippen LogP contribution in [0.4, 0.5) is 10.1 Å². The largest absolute Gasteiger partial charge is 0.396 e. The molecule has 78 valence electrons. The van der Waals surface area contributed by atoms with Gasteiger partial charge in [-0.3, -0.25) is 4.21 Å². The highest BCUT2D eigenvalue weighted by molar-refractivity contribution is 7.84. The highest BCUT2D eigenvalue weighted by Gasteiger charge is 2.11. The molecule has 0 fully saturated rings. The zero-order chi connectivity index (χ0) is 10.7. The smallest absolute Gasteiger partial charge is 0.150 e. The summed E-state index contributed by atoms with van der Waals surface area (Å²) >= 11 is 0. The van der Waals surface area contributed by atoms with Crippen LogP contribution >= 0.6 is 0 Å². The Bertz CT molecular complexity index is 352. The number of nitrogens with two attached hydrogens (primary N) is 1. The minimum atomic E-state index is -1.04. The van der Waals surface area contributed by atoms with Crippen molar-refractivity contribution in [2.24, 2.45) is 0 Å². The third kappa shape index (κ3) is 2.54. The first-order valence-corrected chi connectivity index (χ1v) is 5.80. The van der Waals surface area contributed by atoms with Crippen molar-refractivity contribution in [3.63, 3.8) is 0 Å². The topological polar surface area (TPSA) is 43.1 Å². The summed E-state index contributed by atoms with van der Waals surface area (Å²) in [5.41, 5.74) is 5.94. The quantitative estimate of drug-likeness (QED) is 0.784. The lowest BCUT2D eigenvalue weighted by molar-refractivity contribution is 0.619. The summed E-state index contributed by atoms with van der Waals surface area (Å²) in [6.45, 7) is 3.70. The molecule has 1 atom stereocenters. The lowest BCUT2D eigenvalue weighted by atomic mass is 10.2. The van der Waals surface area contributed by atoms with Gasteiger partial charge in [-0.2, -0.15) is 0 Å². The maximum absolute atomic E-state index is 13.4. The van der Waals surface area contributed by atoms with E-state index >= 15 is 0 Å². The molecule has 0 heterocycles. The van der Waals surface area contributed by atoms with Gasteiger partial charge in [-0.15, -0.1) is 0 Å². The Balaban J connectivity index is 2.87. The SMILES string of the molecule is CC(C)S(=O)Cc1cccc(N)c1F. The van der Waals surface area contributed by atoms with Crippen LogP contribution in [0, 0.1) is 5.82 Å². The van der Waals surface area contributed by atoms with E-state index in [2.05, 4.69) is 0 Å². The number of hydrogen-bond donors (Lipinski definition) is 1. The number of anilines is 1. The van der Waals surface area contributed by atoms with Crippen LogP contribution in [0.25, 0.3) is 0 Å². The lowest BCUT2D eigenvalue weighted by Crippen LogP contribution is -2.09. The van der Waals surface area contributed by atoms with Crippen LogP contribution in [0.1, 0.15) is 19.4 Å². The van der Waals surface area contributed by atoms with Gasteiger partial charge in [0.25, 0.3) is 0 Å². The summed E-state index contributed by atoms with van der Waals surface area (Å²) in [5.74, 6) is -0.212. The molecule has 1 rings (SSSR count). The first kappa shape index (κ1) is 11.2. The molecule has 0 amide bonds. The third-order valence-corrected chi connectivity index (χ3v) is 3.58. The second kappa shape index (κ2) is 4.55. The van der Waals surface area contributed by atoms with E-state index in [1.165, 1.54) is 6.07 Å². The molecule has 2 N–H and O–H groups in total. The van der Waals surface area contributed by atoms with Crippen LogP contribution in [-0.4, -0.2) is 9.46 Å². The molecule has 0 aliphatic rings. The third-order valence-electron chi connectivity index (χ3n) is 1.93. The fraction of sp³-hybridized carbons (Fsp3) is 0.400. The standard InChI is InChI=1S/C10H14FNOS/c1-7(2)14(13)6-8-4-3-5-9(12)10(8)11/h3-5,7H,6,12H2,1-2H3. The number of hydrogen-bond acceptors (Lipinski definition) is 2. The van der Waals surface area contributed by atoms with E-state index < -0.39 is 16.6 Å². The molecule has 0 saturated carbocycles. The van der Waals surface area contributed by atoms with Gasteiger partial charge >= 0.3 is 0 Å². The van der Waals surface area contributed by atoms with E-state index in [9.17, 15) is 8.60 Å². The molecular weight excluding hydrogens is 201 g/mol. The van der Waals surface area contributed by atoms with Gasteiger partial charge in [-0.25, -0.2) is 4.39 Å². The Morgan fingerprint density at radius 3 is 2.71 bits per heavy atom. The van der Waals surface area contributed by atoms with Crippen molar-refractivity contribution >= 4 is 16.5 Å². The molecule has 0 spiro atoms. The Morgan fingerprint density at radius 2 is 2.14 bits per heavy atom. The Morgan fingerprint density at radius 1 is 1.50 bits per heavy atom. The van der Waals surface area contributed by atoms with E-state index in [0.29, 0.717) is 5.56 Å². The predicted octanol–water partition coefficient (Wildman–Crippen LogP) is 2.06. The second-order valence-corrected chi connectivity index (χ2v) is 5.39. The van der Waals surface area contributed by atoms with Crippen LogP contribution in [0.15, 0.2) is 18.2 Å². The number of halogens is 1. The molecule has 1 aromatic carbocycles. The molecule has 0 saturated heterocycles. The molecule has 0 aliphatic heterocycles. The van der Waals surface area contributed by atoms with Crippen molar-refractivity contribution in [2.75, 3.05) is 5.73 Å². The van der Waals surface area contributed by atoms with Crippen molar-refractivity contribution in [1.29, 1.82) is 0 Å². The highest BCUT2D eigenvalue weighted by Crippen LogP contribution is 2.17. The summed E-state index contributed by atoms with van der Waals surface area (Å²) in [5, 5.41) is 0.0378. The predicted molar refractivity (Wildman–Crippen MR) is 57.8 cm³/mol. The van der Waals surface area contributed by atoms with Crippen molar-refractivity contribution in [2.45, 2.75) is 24.9 Å². The number of nitrogen functional groups attached to an aromatic ring is 1. The van der Waals surface area contributed by atoms with Crippen molar-refractivity contribution in [3.8, 4) is 0 Å². The first-order chi connectivity index (χ1) is 6.52. The summed E-state index contributed by atoms with van der Waals surface area (Å²) in [6.07, 6.45) is 0. The van der Waals surface area contributed by atoms with Gasteiger partial charge in [-0.05, 0) is 6.07 Å². The summed E-state index contributed by atoms with van der Waals surface area (Å²) in [7, 11) is -1.04. The average Bonchev–Trinajstić information content (AvgIpc) is 2.12. The van der Waals surface area contributed by atoms with Gasteiger partial charge in [0.1, 0.15) is 5.82 Å². The van der Waals surface area contributed by atoms with Crippen LogP contribution in [0.5, 0.6) is 0 Å². The normalized spacial score (nSPS) is 13.1. The van der Waals surface area contributed by atoms with E-state index in [0.717, 1.165) is 0 Å². The molecule has 0 aliphatic carbocycles. The van der Waals surface area contributed by atoms with Gasteiger partial charge < -0.3 is 5.73 Å². The summed E-state index contributed by atoms with van der Waals surface area (Å²) in [6, 6.07) is 4.79. The summed E-state index contributed by atoms with van der Waals surface area (Å²) < 4.78 is 24.8. The molecule has 14 heavy (non-hydrogen) atoms. The Kier molecular flexibility index (Phi) is 3.63. The van der Waals surface area contributed by atoms with Crippen molar-refractivity contribution in [1.82, 2.24) is 0 Å². The molecule has 0 bridgehead atoms. The fourth-order valence-corrected chi connectivity index (χ4v) is 1.89. The maximum atomic E-state index is 13.4. The van der Waals surface area contributed by atoms with Gasteiger partial charge in [0.2, 0.25) is 0 Å². The van der Waals surface area contributed by atoms with Gasteiger partial charge in [0.05, 0.1) is 11.4 Å². The van der Waals surface area contributed by atoms with Crippen LogP contribution in [0.3, 0.4) is 0 Å². The maximum Gasteiger partial charge on any atom is 0.150 e. The van der Waals surface area contributed by atoms with Crippen molar-refractivity contribution in [3.05, 3.63) is 29.6 Å².